The van der Waals surface area contributed by atoms with E-state index in [9.17, 15) is 8.42 Å². The summed E-state index contributed by atoms with van der Waals surface area (Å²) in [6.07, 6.45) is 1.20. The van der Waals surface area contributed by atoms with Gasteiger partial charge in [0, 0.05) is 12.5 Å². The highest BCUT2D eigenvalue weighted by atomic mass is 32.2. The van der Waals surface area contributed by atoms with Crippen molar-refractivity contribution in [2.24, 2.45) is 0 Å². The molecule has 14 heavy (non-hydrogen) atoms. The fraction of sp³-hybridized carbons (Fsp3) is 0.625. The van der Waals surface area contributed by atoms with E-state index >= 15 is 0 Å². The molecule has 0 fully saturated rings. The molecular weight excluding hydrogens is 204 g/mol. The average Bonchev–Trinajstić information content (AvgIpc) is 2.29. The van der Waals surface area contributed by atoms with Crippen LogP contribution in [-0.4, -0.2) is 18.9 Å². The van der Waals surface area contributed by atoms with Gasteiger partial charge >= 0.3 is 0 Å². The van der Waals surface area contributed by atoms with Crippen LogP contribution in [0.4, 0.5) is 0 Å². The van der Waals surface area contributed by atoms with Crippen molar-refractivity contribution in [3.05, 3.63) is 12.1 Å². The fourth-order valence-electron chi connectivity index (χ4n) is 0.920. The third-order valence-electron chi connectivity index (χ3n) is 1.31. The van der Waals surface area contributed by atoms with E-state index in [1.807, 2.05) is 0 Å². The lowest BCUT2D eigenvalue weighted by Gasteiger charge is -2.18. The van der Waals surface area contributed by atoms with Crippen LogP contribution in [0.25, 0.3) is 0 Å². The number of rotatable bonds is 2. The molecule has 0 radical (unpaired) electrons. The lowest BCUT2D eigenvalue weighted by molar-refractivity contribution is 0.409. The molecule has 1 heterocycles. The van der Waals surface area contributed by atoms with Gasteiger partial charge in [0.25, 0.3) is 15.1 Å². The molecule has 1 aromatic heterocycles. The van der Waals surface area contributed by atoms with Crippen LogP contribution in [0.15, 0.2) is 15.7 Å². The fourth-order valence-corrected chi connectivity index (χ4v) is 2.25. The van der Waals surface area contributed by atoms with E-state index in [-0.39, 0.29) is 5.09 Å². The monoisotopic (exact) mass is 218 g/mol. The minimum atomic E-state index is -3.58. The van der Waals surface area contributed by atoms with Crippen LogP contribution in [-0.2, 0) is 10.0 Å². The van der Waals surface area contributed by atoms with Crippen LogP contribution in [0.3, 0.4) is 0 Å². The molecule has 0 aromatic carbocycles. The first-order valence-corrected chi connectivity index (χ1v) is 5.65. The summed E-state index contributed by atoms with van der Waals surface area (Å²) < 4.78 is 30.6. The van der Waals surface area contributed by atoms with Gasteiger partial charge in [0.15, 0.2) is 5.89 Å². The van der Waals surface area contributed by atoms with E-state index in [1.165, 1.54) is 6.20 Å². The van der Waals surface area contributed by atoms with E-state index in [2.05, 4.69) is 9.71 Å². The van der Waals surface area contributed by atoms with E-state index in [1.54, 1.807) is 27.7 Å². The minimum Gasteiger partial charge on any atom is -0.428 e. The number of aryl methyl sites for hydroxylation is 1. The van der Waals surface area contributed by atoms with Crippen LogP contribution in [0.2, 0.25) is 0 Å². The second-order valence-electron chi connectivity index (χ2n) is 4.05. The van der Waals surface area contributed by atoms with Crippen molar-refractivity contribution in [2.75, 3.05) is 0 Å². The van der Waals surface area contributed by atoms with Crippen molar-refractivity contribution >= 4 is 10.0 Å². The molecule has 0 aliphatic carbocycles. The first-order chi connectivity index (χ1) is 6.21. The summed E-state index contributed by atoms with van der Waals surface area (Å²) in [7, 11) is -3.58. The normalized spacial score (nSPS) is 13.1. The maximum absolute atomic E-state index is 11.6. The van der Waals surface area contributed by atoms with E-state index in [4.69, 9.17) is 4.42 Å². The van der Waals surface area contributed by atoms with Gasteiger partial charge in [0.2, 0.25) is 0 Å². The molecule has 1 N–H and O–H groups in total. The van der Waals surface area contributed by atoms with Gasteiger partial charge in [-0.25, -0.2) is 18.1 Å². The third kappa shape index (κ3) is 2.81. The van der Waals surface area contributed by atoms with Gasteiger partial charge in [-0.15, -0.1) is 0 Å². The second kappa shape index (κ2) is 3.36. The lowest BCUT2D eigenvalue weighted by atomic mass is 10.1. The number of nitrogens with zero attached hydrogens (tertiary/aromatic N) is 1. The van der Waals surface area contributed by atoms with E-state index < -0.39 is 15.6 Å². The van der Waals surface area contributed by atoms with E-state index in [0.29, 0.717) is 5.89 Å². The number of oxazole rings is 1. The van der Waals surface area contributed by atoms with E-state index in [0.717, 1.165) is 0 Å². The van der Waals surface area contributed by atoms with Crippen molar-refractivity contribution in [1.29, 1.82) is 0 Å². The first-order valence-electron chi connectivity index (χ1n) is 4.17. The zero-order chi connectivity index (χ0) is 11.0. The molecule has 0 bridgehead atoms. The molecule has 0 aliphatic rings. The van der Waals surface area contributed by atoms with Crippen molar-refractivity contribution in [1.82, 2.24) is 9.71 Å². The Hall–Kier alpha value is -0.880. The topological polar surface area (TPSA) is 72.2 Å². The second-order valence-corrected chi connectivity index (χ2v) is 5.67. The third-order valence-corrected chi connectivity index (χ3v) is 2.91. The van der Waals surface area contributed by atoms with Gasteiger partial charge in [-0.05, 0) is 20.8 Å². The molecule has 0 saturated heterocycles. The summed E-state index contributed by atoms with van der Waals surface area (Å²) in [5, 5.41) is -0.148. The molecule has 0 saturated carbocycles. The van der Waals surface area contributed by atoms with Gasteiger partial charge in [-0.1, -0.05) is 0 Å². The van der Waals surface area contributed by atoms with Crippen molar-refractivity contribution in [3.63, 3.8) is 0 Å². The average molecular weight is 218 g/mol. The molecule has 0 spiro atoms. The van der Waals surface area contributed by atoms with Gasteiger partial charge in [-0.2, -0.15) is 0 Å². The molecular formula is C8H14N2O3S. The molecule has 0 unspecified atom stereocenters. The summed E-state index contributed by atoms with van der Waals surface area (Å²) in [5.74, 6) is 0.333. The Balaban J connectivity index is 2.98. The van der Waals surface area contributed by atoms with Crippen molar-refractivity contribution < 1.29 is 12.8 Å². The molecule has 6 heteroatoms. The first kappa shape index (κ1) is 11.2. The summed E-state index contributed by atoms with van der Waals surface area (Å²) in [4.78, 5) is 3.73. The Morgan fingerprint density at radius 3 is 2.36 bits per heavy atom. The number of nitrogens with one attached hydrogen (secondary N) is 1. The Kier molecular flexibility index (Phi) is 2.69. The predicted molar refractivity (Wildman–Crippen MR) is 51.3 cm³/mol. The predicted octanol–water partition coefficient (Wildman–Crippen LogP) is 1.06. The molecule has 0 amide bonds. The Morgan fingerprint density at radius 1 is 1.43 bits per heavy atom. The Labute approximate surface area is 83.6 Å². The van der Waals surface area contributed by atoms with Crippen LogP contribution in [0, 0.1) is 6.92 Å². The number of aromatic nitrogens is 1. The molecule has 0 aliphatic heterocycles. The number of hydrogen-bond donors (Lipinski definition) is 1. The van der Waals surface area contributed by atoms with Gasteiger partial charge in [0.05, 0.1) is 6.20 Å². The maximum atomic E-state index is 11.6. The van der Waals surface area contributed by atoms with Gasteiger partial charge in [0.1, 0.15) is 0 Å². The Bertz CT molecular complexity index is 414. The molecule has 5 nitrogen and oxygen atoms in total. The molecule has 80 valence electrons. The highest BCUT2D eigenvalue weighted by Crippen LogP contribution is 2.13. The summed E-state index contributed by atoms with van der Waals surface area (Å²) >= 11 is 0. The summed E-state index contributed by atoms with van der Waals surface area (Å²) in [6, 6.07) is 0. The lowest BCUT2D eigenvalue weighted by Crippen LogP contribution is -2.40. The highest BCUT2D eigenvalue weighted by Gasteiger charge is 2.25. The molecule has 1 aromatic rings. The van der Waals surface area contributed by atoms with Gasteiger partial charge in [-0.3, -0.25) is 0 Å². The highest BCUT2D eigenvalue weighted by molar-refractivity contribution is 7.89. The summed E-state index contributed by atoms with van der Waals surface area (Å²) in [5.41, 5.74) is -0.528. The SMILES string of the molecule is Cc1ncc(S(=O)(=O)NC(C)(C)C)o1. The summed E-state index contributed by atoms with van der Waals surface area (Å²) in [6.45, 7) is 6.87. The molecule has 1 rings (SSSR count). The van der Waals surface area contributed by atoms with Crippen LogP contribution in [0.1, 0.15) is 26.7 Å². The number of hydrogen-bond acceptors (Lipinski definition) is 4. The number of sulfonamides is 1. The molecule has 0 atom stereocenters. The van der Waals surface area contributed by atoms with Crippen molar-refractivity contribution in [3.8, 4) is 0 Å². The largest absolute Gasteiger partial charge is 0.428 e. The Morgan fingerprint density at radius 2 is 2.00 bits per heavy atom. The standard InChI is InChI=1S/C8H14N2O3S/c1-6-9-5-7(13-6)14(11,12)10-8(2,3)4/h5,10H,1-4H3. The van der Waals surface area contributed by atoms with Crippen LogP contribution < -0.4 is 4.72 Å². The zero-order valence-corrected chi connectivity index (χ0v) is 9.47. The smallest absolute Gasteiger partial charge is 0.276 e. The minimum absolute atomic E-state index is 0.148. The maximum Gasteiger partial charge on any atom is 0.276 e. The quantitative estimate of drug-likeness (QED) is 0.805. The van der Waals surface area contributed by atoms with Crippen LogP contribution in [0.5, 0.6) is 0 Å². The van der Waals surface area contributed by atoms with Crippen molar-refractivity contribution in [2.45, 2.75) is 38.3 Å². The van der Waals surface area contributed by atoms with Gasteiger partial charge < -0.3 is 4.42 Å². The van der Waals surface area contributed by atoms with Crippen LogP contribution >= 0.6 is 0 Å². The zero-order valence-electron chi connectivity index (χ0n) is 8.66.